The predicted octanol–water partition coefficient (Wildman–Crippen LogP) is 4.47. The molecule has 12 nitrogen and oxygen atoms in total. The van der Waals surface area contributed by atoms with E-state index in [4.69, 9.17) is 9.47 Å². The van der Waals surface area contributed by atoms with Crippen LogP contribution in [-0.2, 0) is 25.9 Å². The van der Waals surface area contributed by atoms with Crippen LogP contribution in [0, 0.1) is 6.92 Å². The lowest BCUT2D eigenvalue weighted by Crippen LogP contribution is -2.70. The first-order chi connectivity index (χ1) is 18.3. The molecule has 1 saturated heterocycles. The van der Waals surface area contributed by atoms with Gasteiger partial charge < -0.3 is 20.1 Å². The van der Waals surface area contributed by atoms with Gasteiger partial charge in [-0.15, -0.1) is 0 Å². The molecule has 0 saturated carbocycles. The van der Waals surface area contributed by atoms with Gasteiger partial charge >= 0.3 is 12.2 Å². The first-order valence-electron chi connectivity index (χ1n) is 12.3. The number of aromatic nitrogens is 1. The van der Waals surface area contributed by atoms with E-state index >= 15 is 0 Å². The van der Waals surface area contributed by atoms with Gasteiger partial charge in [0.05, 0.1) is 22.5 Å². The zero-order valence-corrected chi connectivity index (χ0v) is 22.7. The van der Waals surface area contributed by atoms with Crippen molar-refractivity contribution in [1.29, 1.82) is 0 Å². The Bertz CT molecular complexity index is 1640. The number of nitrogens with one attached hydrogen (secondary N) is 2. The average molecular weight is 553 g/mol. The summed E-state index contributed by atoms with van der Waals surface area (Å²) in [6.07, 6.45) is 0.0629. The summed E-state index contributed by atoms with van der Waals surface area (Å²) in [4.78, 5) is 28.5. The van der Waals surface area contributed by atoms with Crippen molar-refractivity contribution in [1.82, 2.24) is 14.6 Å². The Morgan fingerprint density at radius 2 is 1.97 bits per heavy atom. The molecule has 5 rings (SSSR count). The molecule has 1 aromatic heterocycles. The molecule has 2 heterocycles. The van der Waals surface area contributed by atoms with Crippen LogP contribution < -0.4 is 10.6 Å². The van der Waals surface area contributed by atoms with E-state index in [1.165, 1.54) is 22.3 Å². The summed E-state index contributed by atoms with van der Waals surface area (Å²) in [6, 6.07) is 9.62. The molecule has 39 heavy (non-hydrogen) atoms. The number of benzene rings is 2. The van der Waals surface area contributed by atoms with Gasteiger partial charge in [0.2, 0.25) is 0 Å². The first kappa shape index (κ1) is 26.4. The summed E-state index contributed by atoms with van der Waals surface area (Å²) in [5, 5.41) is 10.1. The number of cyclic esters (lactones) is 1. The Morgan fingerprint density at radius 3 is 2.64 bits per heavy atom. The number of azide groups is 1. The molecule has 2 amide bonds. The lowest BCUT2D eigenvalue weighted by atomic mass is 9.81. The van der Waals surface area contributed by atoms with Gasteiger partial charge in [0, 0.05) is 22.9 Å². The molecule has 2 aromatic carbocycles. The van der Waals surface area contributed by atoms with E-state index in [1.54, 1.807) is 51.1 Å². The Kier molecular flexibility index (Phi) is 6.23. The molecule has 2 aliphatic rings. The Hall–Kier alpha value is -4.22. The summed E-state index contributed by atoms with van der Waals surface area (Å²) in [6.45, 7) is 6.81. The standard InChI is InChI=1S/C26H28N6O6S/c1-15-8-10-17(11-9-15)39(35,36)32-13-18-20-16(6-5-7-19(20)32)12-26(29-24(34)38-25(2,3)4)14-37-23(33)28-22(26)21(18)30-31-27/h5-11,13,21-22H,12,14H2,1-4H3,(H,28,33)(H,29,34)/t21-,22-,26+/m0/s1. The van der Waals surface area contributed by atoms with Crippen LogP contribution in [0.4, 0.5) is 9.59 Å². The van der Waals surface area contributed by atoms with Crippen LogP contribution in [0.3, 0.4) is 0 Å². The molecule has 0 radical (unpaired) electrons. The molecule has 1 fully saturated rings. The number of alkyl carbamates (subject to hydrolysis) is 2. The highest BCUT2D eigenvalue weighted by Gasteiger charge is 2.53. The van der Waals surface area contributed by atoms with Crippen molar-refractivity contribution in [2.45, 2.75) is 62.2 Å². The number of carbonyl (C=O) groups is 2. The normalized spacial score (nSPS) is 22.5. The monoisotopic (exact) mass is 552 g/mol. The quantitative estimate of drug-likeness (QED) is 0.275. The highest BCUT2D eigenvalue weighted by Crippen LogP contribution is 2.43. The van der Waals surface area contributed by atoms with E-state index in [0.29, 0.717) is 22.0 Å². The van der Waals surface area contributed by atoms with E-state index < -0.39 is 45.4 Å². The van der Waals surface area contributed by atoms with Gasteiger partial charge in [-0.2, -0.15) is 0 Å². The van der Waals surface area contributed by atoms with Crippen molar-refractivity contribution in [2.75, 3.05) is 6.61 Å². The fourth-order valence-electron chi connectivity index (χ4n) is 5.26. The minimum atomic E-state index is -4.03. The minimum Gasteiger partial charge on any atom is -0.447 e. The number of hydrogen-bond donors (Lipinski definition) is 2. The Labute approximate surface area is 225 Å². The van der Waals surface area contributed by atoms with Gasteiger partial charge in [0.1, 0.15) is 17.7 Å². The second-order valence-corrected chi connectivity index (χ2v) is 12.6. The number of aryl methyl sites for hydroxylation is 1. The smallest absolute Gasteiger partial charge is 0.408 e. The van der Waals surface area contributed by atoms with E-state index in [2.05, 4.69) is 20.7 Å². The van der Waals surface area contributed by atoms with Gasteiger partial charge in [0.25, 0.3) is 10.0 Å². The van der Waals surface area contributed by atoms with E-state index in [0.717, 1.165) is 5.56 Å². The molecule has 3 aromatic rings. The molecule has 1 aliphatic heterocycles. The van der Waals surface area contributed by atoms with Crippen molar-refractivity contribution in [3.63, 3.8) is 0 Å². The largest absolute Gasteiger partial charge is 0.447 e. The number of nitrogens with zero attached hydrogens (tertiary/aromatic N) is 4. The lowest BCUT2D eigenvalue weighted by molar-refractivity contribution is 0.0143. The zero-order chi connectivity index (χ0) is 28.2. The van der Waals surface area contributed by atoms with Crippen LogP contribution in [0.25, 0.3) is 21.3 Å². The summed E-state index contributed by atoms with van der Waals surface area (Å²) < 4.78 is 39.5. The number of ether oxygens (including phenoxy) is 2. The number of carbonyl (C=O) groups excluding carboxylic acids is 2. The van der Waals surface area contributed by atoms with Crippen LogP contribution in [0.1, 0.15) is 43.5 Å². The second-order valence-electron chi connectivity index (χ2n) is 10.8. The van der Waals surface area contributed by atoms with Crippen LogP contribution in [0.2, 0.25) is 0 Å². The molecule has 2 N–H and O–H groups in total. The highest BCUT2D eigenvalue weighted by atomic mass is 32.2. The Morgan fingerprint density at radius 1 is 1.26 bits per heavy atom. The summed E-state index contributed by atoms with van der Waals surface area (Å²) in [5.74, 6) is 0. The van der Waals surface area contributed by atoms with Crippen molar-refractivity contribution < 1.29 is 27.5 Å². The SMILES string of the molecule is Cc1ccc(S(=O)(=O)n2cc3c4c(cccc42)C[C@@]2(NC(=O)OC(C)(C)C)COC(=O)N[C@H]2[C@H]3N=[N+]=[N-])cc1. The molecule has 204 valence electrons. The number of rotatable bonds is 4. The summed E-state index contributed by atoms with van der Waals surface area (Å²) in [5.41, 5.74) is 9.84. The van der Waals surface area contributed by atoms with Gasteiger partial charge in [0.15, 0.2) is 0 Å². The molecular formula is C26H28N6O6S. The highest BCUT2D eigenvalue weighted by molar-refractivity contribution is 7.90. The third-order valence-electron chi connectivity index (χ3n) is 6.88. The number of fused-ring (bicyclic) bond motifs is 1. The third-order valence-corrected chi connectivity index (χ3v) is 8.57. The summed E-state index contributed by atoms with van der Waals surface area (Å²) in [7, 11) is -4.03. The Balaban J connectivity index is 1.72. The van der Waals surface area contributed by atoms with Crippen LogP contribution in [0.5, 0.6) is 0 Å². The maximum Gasteiger partial charge on any atom is 0.408 e. The molecule has 3 atom stereocenters. The van der Waals surface area contributed by atoms with Crippen molar-refractivity contribution in [2.24, 2.45) is 5.11 Å². The van der Waals surface area contributed by atoms with Crippen molar-refractivity contribution in [3.05, 3.63) is 75.8 Å². The number of amides is 2. The van der Waals surface area contributed by atoms with E-state index in [1.807, 2.05) is 6.92 Å². The van der Waals surface area contributed by atoms with Gasteiger partial charge in [-0.3, -0.25) is 0 Å². The third kappa shape index (κ3) is 4.64. The van der Waals surface area contributed by atoms with Crippen molar-refractivity contribution >= 4 is 33.1 Å². The molecule has 0 unspecified atom stereocenters. The van der Waals surface area contributed by atoms with Crippen LogP contribution in [0.15, 0.2) is 58.7 Å². The van der Waals surface area contributed by atoms with Crippen LogP contribution >= 0.6 is 0 Å². The maximum absolute atomic E-state index is 13.7. The van der Waals surface area contributed by atoms with Crippen molar-refractivity contribution in [3.8, 4) is 0 Å². The molecule has 13 heteroatoms. The van der Waals surface area contributed by atoms with Gasteiger partial charge in [-0.1, -0.05) is 34.9 Å². The lowest BCUT2D eigenvalue weighted by Gasteiger charge is -2.45. The molecular weight excluding hydrogens is 524 g/mol. The topological polar surface area (TPSA) is 164 Å². The van der Waals surface area contributed by atoms with E-state index in [-0.39, 0.29) is 17.9 Å². The van der Waals surface area contributed by atoms with E-state index in [9.17, 15) is 23.5 Å². The zero-order valence-electron chi connectivity index (χ0n) is 21.8. The van der Waals surface area contributed by atoms with Gasteiger partial charge in [-0.05, 0) is 62.6 Å². The van der Waals surface area contributed by atoms with Gasteiger partial charge in [-0.25, -0.2) is 22.0 Å². The predicted molar refractivity (Wildman–Crippen MR) is 142 cm³/mol. The second kappa shape index (κ2) is 9.21. The first-order valence-corrected chi connectivity index (χ1v) is 13.7. The number of hydrogen-bond acceptors (Lipinski definition) is 7. The minimum absolute atomic E-state index is 0.0969. The maximum atomic E-state index is 13.7. The molecule has 0 spiro atoms. The molecule has 1 aliphatic carbocycles. The van der Waals surface area contributed by atoms with Crippen LogP contribution in [-0.4, -0.2) is 48.4 Å². The summed E-state index contributed by atoms with van der Waals surface area (Å²) >= 11 is 0. The fraction of sp³-hybridized carbons (Fsp3) is 0.385. The fourth-order valence-corrected chi connectivity index (χ4v) is 6.63. The average Bonchev–Trinajstić information content (AvgIpc) is 3.20. The molecule has 0 bridgehead atoms.